The van der Waals surface area contributed by atoms with Crippen molar-refractivity contribution in [2.24, 2.45) is 0 Å². The van der Waals surface area contributed by atoms with E-state index in [0.29, 0.717) is 43.0 Å². The summed E-state index contributed by atoms with van der Waals surface area (Å²) in [6.45, 7) is 4.63. The van der Waals surface area contributed by atoms with Crippen LogP contribution in [0, 0.1) is 6.92 Å². The molecule has 0 bridgehead atoms. The van der Waals surface area contributed by atoms with Gasteiger partial charge in [0.2, 0.25) is 5.89 Å². The van der Waals surface area contributed by atoms with Crippen molar-refractivity contribution in [3.05, 3.63) is 52.2 Å². The summed E-state index contributed by atoms with van der Waals surface area (Å²) in [5.41, 5.74) is 1.75. The molecule has 10 heteroatoms. The highest BCUT2D eigenvalue weighted by atomic mass is 35.5. The van der Waals surface area contributed by atoms with Gasteiger partial charge in [-0.05, 0) is 43.3 Å². The molecule has 1 aliphatic heterocycles. The molecule has 0 spiro atoms. The highest BCUT2D eigenvalue weighted by Crippen LogP contribution is 2.29. The predicted molar refractivity (Wildman–Crippen MR) is 117 cm³/mol. The van der Waals surface area contributed by atoms with Crippen LogP contribution < -0.4 is 4.74 Å². The molecule has 0 atom stereocenters. The van der Waals surface area contributed by atoms with E-state index in [-0.39, 0.29) is 4.21 Å². The van der Waals surface area contributed by atoms with Gasteiger partial charge in [0, 0.05) is 38.3 Å². The van der Waals surface area contributed by atoms with Crippen LogP contribution in [0.3, 0.4) is 0 Å². The van der Waals surface area contributed by atoms with E-state index in [9.17, 15) is 8.42 Å². The minimum Gasteiger partial charge on any atom is -0.497 e. The fraction of sp³-hybridized carbons (Fsp3) is 0.350. The molecule has 3 heterocycles. The first-order valence-corrected chi connectivity index (χ1v) is 12.1. The summed E-state index contributed by atoms with van der Waals surface area (Å²) < 4.78 is 38.8. The molecule has 0 radical (unpaired) electrons. The zero-order valence-electron chi connectivity index (χ0n) is 16.7. The molecule has 1 aromatic carbocycles. The van der Waals surface area contributed by atoms with Crippen LogP contribution in [0.4, 0.5) is 0 Å². The average Bonchev–Trinajstić information content (AvgIpc) is 3.35. The van der Waals surface area contributed by atoms with Crippen molar-refractivity contribution in [3.63, 3.8) is 0 Å². The molecule has 0 unspecified atom stereocenters. The van der Waals surface area contributed by atoms with Crippen LogP contribution in [0.2, 0.25) is 4.34 Å². The van der Waals surface area contributed by atoms with Gasteiger partial charge in [-0.2, -0.15) is 4.31 Å². The minimum atomic E-state index is -3.49. The first kappa shape index (κ1) is 21.3. The molecule has 1 aliphatic rings. The number of hydrogen-bond acceptors (Lipinski definition) is 7. The summed E-state index contributed by atoms with van der Waals surface area (Å²) >= 11 is 6.99. The van der Waals surface area contributed by atoms with Crippen molar-refractivity contribution >= 4 is 33.0 Å². The van der Waals surface area contributed by atoms with Crippen LogP contribution in [-0.2, 0) is 16.6 Å². The number of nitrogens with zero attached hydrogens (tertiary/aromatic N) is 3. The second-order valence-corrected chi connectivity index (χ2v) is 10.9. The molecule has 160 valence electrons. The number of hydrogen-bond donors (Lipinski definition) is 0. The third-order valence-electron chi connectivity index (χ3n) is 5.08. The zero-order valence-corrected chi connectivity index (χ0v) is 19.1. The number of ether oxygens (including phenoxy) is 1. The molecule has 30 heavy (non-hydrogen) atoms. The van der Waals surface area contributed by atoms with Crippen molar-refractivity contribution in [2.75, 3.05) is 33.3 Å². The Morgan fingerprint density at radius 1 is 1.13 bits per heavy atom. The van der Waals surface area contributed by atoms with Crippen molar-refractivity contribution in [2.45, 2.75) is 17.7 Å². The topological polar surface area (TPSA) is 75.9 Å². The molecule has 1 fully saturated rings. The SMILES string of the molecule is COc1ccc(-c2nc(CN3CCN(S(=O)(=O)c4ccc(Cl)s4)CC3)c(C)o2)cc1. The van der Waals surface area contributed by atoms with Gasteiger partial charge in [-0.1, -0.05) is 11.6 Å². The Kier molecular flexibility index (Phi) is 6.17. The van der Waals surface area contributed by atoms with E-state index in [0.717, 1.165) is 34.1 Å². The molecular formula is C20H22ClN3O4S2. The van der Waals surface area contributed by atoms with Gasteiger partial charge >= 0.3 is 0 Å². The minimum absolute atomic E-state index is 0.289. The lowest BCUT2D eigenvalue weighted by atomic mass is 10.2. The summed E-state index contributed by atoms with van der Waals surface area (Å²) in [6.07, 6.45) is 0. The van der Waals surface area contributed by atoms with Crippen LogP contribution in [0.15, 0.2) is 45.0 Å². The number of benzene rings is 1. The molecule has 0 N–H and O–H groups in total. The second kappa shape index (κ2) is 8.68. The smallest absolute Gasteiger partial charge is 0.252 e. The number of aromatic nitrogens is 1. The van der Waals surface area contributed by atoms with E-state index in [1.54, 1.807) is 19.2 Å². The lowest BCUT2D eigenvalue weighted by molar-refractivity contribution is 0.179. The second-order valence-electron chi connectivity index (χ2n) is 6.99. The molecule has 0 aliphatic carbocycles. The largest absolute Gasteiger partial charge is 0.497 e. The van der Waals surface area contributed by atoms with Crippen LogP contribution in [-0.4, -0.2) is 55.9 Å². The molecule has 7 nitrogen and oxygen atoms in total. The maximum Gasteiger partial charge on any atom is 0.252 e. The average molecular weight is 468 g/mol. The highest BCUT2D eigenvalue weighted by Gasteiger charge is 2.30. The number of rotatable bonds is 6. The fourth-order valence-electron chi connectivity index (χ4n) is 3.34. The number of aryl methyl sites for hydroxylation is 1. The number of methoxy groups -OCH3 is 1. The Labute approximate surface area is 184 Å². The number of thiophene rings is 1. The maximum atomic E-state index is 12.7. The molecule has 0 saturated carbocycles. The normalized spacial score (nSPS) is 16.1. The maximum absolute atomic E-state index is 12.7. The van der Waals surface area contributed by atoms with Crippen molar-refractivity contribution < 1.29 is 17.6 Å². The molecule has 1 saturated heterocycles. The summed E-state index contributed by atoms with van der Waals surface area (Å²) in [6, 6.07) is 10.7. The van der Waals surface area contributed by atoms with E-state index >= 15 is 0 Å². The molecular weight excluding hydrogens is 446 g/mol. The van der Waals surface area contributed by atoms with E-state index in [1.807, 2.05) is 31.2 Å². The van der Waals surface area contributed by atoms with Gasteiger partial charge in [-0.3, -0.25) is 4.90 Å². The molecule has 2 aromatic heterocycles. The van der Waals surface area contributed by atoms with E-state index in [4.69, 9.17) is 20.8 Å². The molecule has 4 rings (SSSR count). The Hall–Kier alpha value is -1.91. The third kappa shape index (κ3) is 4.40. The Bertz CT molecular complexity index is 1120. The summed E-state index contributed by atoms with van der Waals surface area (Å²) in [5, 5.41) is 0. The van der Waals surface area contributed by atoms with Crippen molar-refractivity contribution in [3.8, 4) is 17.2 Å². The summed E-state index contributed by atoms with van der Waals surface area (Å²) in [5.74, 6) is 2.12. The quantitative estimate of drug-likeness (QED) is 0.547. The Morgan fingerprint density at radius 3 is 2.43 bits per heavy atom. The predicted octanol–water partition coefficient (Wildman–Crippen LogP) is 3.88. The van der Waals surface area contributed by atoms with Gasteiger partial charge in [0.25, 0.3) is 10.0 Å². The van der Waals surface area contributed by atoms with Crippen LogP contribution in [0.1, 0.15) is 11.5 Å². The number of oxazole rings is 1. The van der Waals surface area contributed by atoms with Gasteiger partial charge in [0.05, 0.1) is 17.1 Å². The fourth-order valence-corrected chi connectivity index (χ4v) is 6.39. The first-order valence-electron chi connectivity index (χ1n) is 9.45. The first-order chi connectivity index (χ1) is 14.4. The van der Waals surface area contributed by atoms with Gasteiger partial charge in [-0.25, -0.2) is 13.4 Å². The summed E-state index contributed by atoms with van der Waals surface area (Å²) in [7, 11) is -1.86. The number of halogens is 1. The van der Waals surface area contributed by atoms with Crippen LogP contribution >= 0.6 is 22.9 Å². The van der Waals surface area contributed by atoms with Gasteiger partial charge < -0.3 is 9.15 Å². The molecule has 3 aromatic rings. The summed E-state index contributed by atoms with van der Waals surface area (Å²) in [4.78, 5) is 6.84. The lowest BCUT2D eigenvalue weighted by Crippen LogP contribution is -2.48. The van der Waals surface area contributed by atoms with Gasteiger partial charge in [0.1, 0.15) is 15.7 Å². The monoisotopic (exact) mass is 467 g/mol. The van der Waals surface area contributed by atoms with Crippen LogP contribution in [0.5, 0.6) is 5.75 Å². The Morgan fingerprint density at radius 2 is 1.83 bits per heavy atom. The number of piperazine rings is 1. The standard InChI is InChI=1S/C20H22ClN3O4S2/c1-14-17(22-20(28-14)15-3-5-16(27-2)6-4-15)13-23-9-11-24(12-10-23)30(25,26)19-8-7-18(21)29-19/h3-8H,9-13H2,1-2H3. The van der Waals surface area contributed by atoms with Crippen LogP contribution in [0.25, 0.3) is 11.5 Å². The number of sulfonamides is 1. The van der Waals surface area contributed by atoms with Crippen molar-refractivity contribution in [1.82, 2.24) is 14.2 Å². The van der Waals surface area contributed by atoms with E-state index < -0.39 is 10.0 Å². The van der Waals surface area contributed by atoms with E-state index in [1.165, 1.54) is 4.31 Å². The Balaban J connectivity index is 1.40. The van der Waals surface area contributed by atoms with Gasteiger partial charge in [0.15, 0.2) is 0 Å². The van der Waals surface area contributed by atoms with Crippen molar-refractivity contribution in [1.29, 1.82) is 0 Å². The third-order valence-corrected chi connectivity index (χ3v) is 8.67. The zero-order chi connectivity index (χ0) is 21.3. The highest BCUT2D eigenvalue weighted by molar-refractivity contribution is 7.91. The van der Waals surface area contributed by atoms with Gasteiger partial charge in [-0.15, -0.1) is 11.3 Å². The van der Waals surface area contributed by atoms with E-state index in [2.05, 4.69) is 9.88 Å². The molecule has 0 amide bonds. The lowest BCUT2D eigenvalue weighted by Gasteiger charge is -2.33.